The summed E-state index contributed by atoms with van der Waals surface area (Å²) in [6, 6.07) is 8.56. The van der Waals surface area contributed by atoms with Crippen molar-refractivity contribution in [3.63, 3.8) is 0 Å². The summed E-state index contributed by atoms with van der Waals surface area (Å²) in [5.74, 6) is -1.28. The van der Waals surface area contributed by atoms with Crippen molar-refractivity contribution in [2.45, 2.75) is 20.3 Å². The number of aromatic nitrogens is 1. The van der Waals surface area contributed by atoms with Crippen LogP contribution in [0.25, 0.3) is 11.3 Å². The summed E-state index contributed by atoms with van der Waals surface area (Å²) in [4.78, 5) is 23.0. The number of carboxylic acids is 1. The lowest BCUT2D eigenvalue weighted by Gasteiger charge is -2.18. The number of carboxylic acid groups (broad SMARTS) is 1. The van der Waals surface area contributed by atoms with Crippen LogP contribution in [0.1, 0.15) is 30.8 Å². The average molecular weight is 337 g/mol. The Labute approximate surface area is 138 Å². The molecule has 2 rings (SSSR count). The second-order valence-corrected chi connectivity index (χ2v) is 6.22. The molecule has 0 saturated carbocycles. The van der Waals surface area contributed by atoms with E-state index in [1.165, 1.54) is 6.07 Å². The van der Waals surface area contributed by atoms with E-state index in [0.717, 1.165) is 5.56 Å². The lowest BCUT2D eigenvalue weighted by molar-refractivity contribution is -0.147. The van der Waals surface area contributed by atoms with Gasteiger partial charge in [-0.3, -0.25) is 9.59 Å². The first-order valence-corrected chi connectivity index (χ1v) is 7.41. The molecule has 6 nitrogen and oxygen atoms in total. The molecule has 0 aliphatic rings. The highest BCUT2D eigenvalue weighted by atomic mass is 35.5. The van der Waals surface area contributed by atoms with Crippen LogP contribution < -0.4 is 5.32 Å². The van der Waals surface area contributed by atoms with Gasteiger partial charge in [0.2, 0.25) is 5.76 Å². The van der Waals surface area contributed by atoms with Crippen molar-refractivity contribution in [3.8, 4) is 11.3 Å². The normalized spacial score (nSPS) is 11.3. The Hall–Kier alpha value is -2.34. The molecule has 0 atom stereocenters. The Bertz CT molecular complexity index is 724. The summed E-state index contributed by atoms with van der Waals surface area (Å²) in [5.41, 5.74) is 0.344. The Morgan fingerprint density at radius 2 is 2.09 bits per heavy atom. The smallest absolute Gasteiger partial charge is 0.309 e. The van der Waals surface area contributed by atoms with Gasteiger partial charge in [0.15, 0.2) is 0 Å². The zero-order valence-corrected chi connectivity index (χ0v) is 13.6. The number of amides is 1. The number of aliphatic carboxylic acids is 1. The fraction of sp³-hybridized carbons (Fsp3) is 0.312. The van der Waals surface area contributed by atoms with Crippen LogP contribution in [0.3, 0.4) is 0 Å². The van der Waals surface area contributed by atoms with Crippen LogP contribution in [-0.4, -0.2) is 28.7 Å². The van der Waals surface area contributed by atoms with E-state index in [0.29, 0.717) is 17.1 Å². The maximum Gasteiger partial charge on any atom is 0.309 e. The van der Waals surface area contributed by atoms with Gasteiger partial charge in [-0.2, -0.15) is 0 Å². The van der Waals surface area contributed by atoms with E-state index >= 15 is 0 Å². The van der Waals surface area contributed by atoms with Crippen molar-refractivity contribution in [2.75, 3.05) is 6.54 Å². The third kappa shape index (κ3) is 4.32. The van der Waals surface area contributed by atoms with E-state index < -0.39 is 17.3 Å². The van der Waals surface area contributed by atoms with Crippen LogP contribution in [-0.2, 0) is 4.79 Å². The van der Waals surface area contributed by atoms with Gasteiger partial charge in [0.25, 0.3) is 5.91 Å². The van der Waals surface area contributed by atoms with Crippen LogP contribution in [0, 0.1) is 5.41 Å². The van der Waals surface area contributed by atoms with Gasteiger partial charge >= 0.3 is 5.97 Å². The van der Waals surface area contributed by atoms with E-state index in [-0.39, 0.29) is 12.3 Å². The molecule has 0 fully saturated rings. The van der Waals surface area contributed by atoms with Gasteiger partial charge in [-0.15, -0.1) is 0 Å². The lowest BCUT2D eigenvalue weighted by Crippen LogP contribution is -2.31. The van der Waals surface area contributed by atoms with Gasteiger partial charge < -0.3 is 14.9 Å². The number of hydrogen-bond acceptors (Lipinski definition) is 4. The molecule has 122 valence electrons. The minimum absolute atomic E-state index is 0.0631. The minimum atomic E-state index is -0.908. The Kier molecular flexibility index (Phi) is 5.05. The first-order valence-electron chi connectivity index (χ1n) is 7.04. The maximum atomic E-state index is 12.0. The second-order valence-electron chi connectivity index (χ2n) is 5.78. The minimum Gasteiger partial charge on any atom is -0.481 e. The summed E-state index contributed by atoms with van der Waals surface area (Å²) in [6.45, 7) is 3.44. The van der Waals surface area contributed by atoms with E-state index in [9.17, 15) is 9.59 Å². The summed E-state index contributed by atoms with van der Waals surface area (Å²) >= 11 is 5.92. The Morgan fingerprint density at radius 1 is 1.35 bits per heavy atom. The molecule has 1 aromatic carbocycles. The molecule has 23 heavy (non-hydrogen) atoms. The number of nitrogens with one attached hydrogen (secondary N) is 1. The molecular formula is C16H17ClN2O4. The lowest BCUT2D eigenvalue weighted by atomic mass is 9.90. The number of hydrogen-bond donors (Lipinski definition) is 2. The highest BCUT2D eigenvalue weighted by Gasteiger charge is 2.26. The molecule has 0 spiro atoms. The zero-order valence-electron chi connectivity index (χ0n) is 12.8. The molecule has 2 aromatic rings. The molecule has 7 heteroatoms. The topological polar surface area (TPSA) is 92.4 Å². The molecule has 0 unspecified atom stereocenters. The van der Waals surface area contributed by atoms with Crippen molar-refractivity contribution in [1.29, 1.82) is 0 Å². The Morgan fingerprint density at radius 3 is 2.74 bits per heavy atom. The van der Waals surface area contributed by atoms with Gasteiger partial charge in [0, 0.05) is 23.2 Å². The summed E-state index contributed by atoms with van der Waals surface area (Å²) in [6.07, 6.45) is 0.309. The van der Waals surface area contributed by atoms with Crippen LogP contribution in [0.15, 0.2) is 34.9 Å². The number of halogens is 1. The Balaban J connectivity index is 1.98. The molecule has 0 aliphatic heterocycles. The van der Waals surface area contributed by atoms with Crippen molar-refractivity contribution in [3.05, 3.63) is 41.1 Å². The summed E-state index contributed by atoms with van der Waals surface area (Å²) < 4.78 is 5.03. The number of carbonyl (C=O) groups is 2. The molecule has 2 N–H and O–H groups in total. The monoisotopic (exact) mass is 336 g/mol. The van der Waals surface area contributed by atoms with E-state index in [1.54, 1.807) is 38.1 Å². The van der Waals surface area contributed by atoms with E-state index in [4.69, 9.17) is 21.2 Å². The standard InChI is InChI=1S/C16H17ClN2O4/c1-16(2,15(21)22)6-7-18-14(20)13-9-12(19-23-13)10-4-3-5-11(17)8-10/h3-5,8-9H,6-7H2,1-2H3,(H,18,20)(H,21,22). The fourth-order valence-electron chi connectivity index (χ4n) is 1.85. The molecule has 0 radical (unpaired) electrons. The number of carbonyl (C=O) groups excluding carboxylic acids is 1. The fourth-order valence-corrected chi connectivity index (χ4v) is 2.04. The summed E-state index contributed by atoms with van der Waals surface area (Å²) in [7, 11) is 0. The molecular weight excluding hydrogens is 320 g/mol. The molecule has 1 amide bonds. The molecule has 1 aromatic heterocycles. The van der Waals surface area contributed by atoms with Gasteiger partial charge in [-0.1, -0.05) is 28.9 Å². The van der Waals surface area contributed by atoms with Crippen LogP contribution in [0.5, 0.6) is 0 Å². The van der Waals surface area contributed by atoms with Crippen molar-refractivity contribution < 1.29 is 19.2 Å². The van der Waals surface area contributed by atoms with E-state index in [1.807, 2.05) is 0 Å². The number of nitrogens with zero attached hydrogens (tertiary/aromatic N) is 1. The highest BCUT2D eigenvalue weighted by molar-refractivity contribution is 6.30. The molecule has 0 bridgehead atoms. The van der Waals surface area contributed by atoms with Crippen LogP contribution >= 0.6 is 11.6 Å². The first-order chi connectivity index (χ1) is 10.8. The third-order valence-electron chi connectivity index (χ3n) is 3.47. The maximum absolute atomic E-state index is 12.0. The predicted molar refractivity (Wildman–Crippen MR) is 85.3 cm³/mol. The second kappa shape index (κ2) is 6.83. The van der Waals surface area contributed by atoms with E-state index in [2.05, 4.69) is 10.5 Å². The zero-order chi connectivity index (χ0) is 17.0. The molecule has 1 heterocycles. The average Bonchev–Trinajstić information content (AvgIpc) is 2.96. The highest BCUT2D eigenvalue weighted by Crippen LogP contribution is 2.23. The number of benzene rings is 1. The van der Waals surface area contributed by atoms with Crippen molar-refractivity contribution in [2.24, 2.45) is 5.41 Å². The summed E-state index contributed by atoms with van der Waals surface area (Å²) in [5, 5.41) is 16.1. The van der Waals surface area contributed by atoms with Gasteiger partial charge in [0.1, 0.15) is 5.69 Å². The van der Waals surface area contributed by atoms with Crippen LogP contribution in [0.2, 0.25) is 5.02 Å². The number of rotatable bonds is 6. The molecule has 0 saturated heterocycles. The third-order valence-corrected chi connectivity index (χ3v) is 3.70. The first kappa shape index (κ1) is 17.0. The quantitative estimate of drug-likeness (QED) is 0.844. The largest absolute Gasteiger partial charge is 0.481 e. The van der Waals surface area contributed by atoms with Gasteiger partial charge in [-0.25, -0.2) is 0 Å². The van der Waals surface area contributed by atoms with Gasteiger partial charge in [-0.05, 0) is 32.4 Å². The van der Waals surface area contributed by atoms with Crippen molar-refractivity contribution in [1.82, 2.24) is 10.5 Å². The van der Waals surface area contributed by atoms with Gasteiger partial charge in [0.05, 0.1) is 5.41 Å². The van der Waals surface area contributed by atoms with Crippen LogP contribution in [0.4, 0.5) is 0 Å². The van der Waals surface area contributed by atoms with Crippen molar-refractivity contribution >= 4 is 23.5 Å². The molecule has 0 aliphatic carbocycles. The predicted octanol–water partition coefficient (Wildman–Crippen LogP) is 3.23. The SMILES string of the molecule is CC(C)(CCNC(=O)c1cc(-c2cccc(Cl)c2)no1)C(=O)O.